The van der Waals surface area contributed by atoms with E-state index in [1.54, 1.807) is 0 Å². The molecule has 0 radical (unpaired) electrons. The van der Waals surface area contributed by atoms with Gasteiger partial charge in [-0.3, -0.25) is 4.79 Å². The van der Waals surface area contributed by atoms with Crippen LogP contribution in [0.25, 0.3) is 0 Å². The average Bonchev–Trinajstić information content (AvgIpc) is 2.17. The first kappa shape index (κ1) is 11.7. The lowest BCUT2D eigenvalue weighted by Gasteiger charge is -2.05. The SMILES string of the molecule is CC(C)=CCNc1ncnc(Cl)c1C=O. The van der Waals surface area contributed by atoms with Gasteiger partial charge < -0.3 is 5.32 Å². The Bertz CT molecular complexity index is 386. The third-order valence-electron chi connectivity index (χ3n) is 1.73. The monoisotopic (exact) mass is 225 g/mol. The van der Waals surface area contributed by atoms with Crippen molar-refractivity contribution in [3.63, 3.8) is 0 Å². The molecule has 0 aliphatic carbocycles. The van der Waals surface area contributed by atoms with E-state index in [-0.39, 0.29) is 5.15 Å². The molecule has 0 aliphatic heterocycles. The van der Waals surface area contributed by atoms with E-state index in [1.807, 2.05) is 19.9 Å². The van der Waals surface area contributed by atoms with Gasteiger partial charge in [-0.15, -0.1) is 0 Å². The summed E-state index contributed by atoms with van der Waals surface area (Å²) in [6.07, 6.45) is 3.96. The summed E-state index contributed by atoms with van der Waals surface area (Å²) in [7, 11) is 0. The number of carbonyl (C=O) groups is 1. The lowest BCUT2D eigenvalue weighted by Crippen LogP contribution is -2.05. The van der Waals surface area contributed by atoms with Crippen molar-refractivity contribution in [2.45, 2.75) is 13.8 Å². The molecular formula is C10H12ClN3O. The van der Waals surface area contributed by atoms with Gasteiger partial charge in [-0.05, 0) is 13.8 Å². The van der Waals surface area contributed by atoms with Gasteiger partial charge in [0.1, 0.15) is 17.3 Å². The second kappa shape index (κ2) is 5.46. The van der Waals surface area contributed by atoms with Crippen molar-refractivity contribution >= 4 is 23.7 Å². The van der Waals surface area contributed by atoms with Gasteiger partial charge in [0.15, 0.2) is 6.29 Å². The second-order valence-corrected chi connectivity index (χ2v) is 3.57. The van der Waals surface area contributed by atoms with Crippen molar-refractivity contribution in [1.82, 2.24) is 9.97 Å². The number of rotatable bonds is 4. The van der Waals surface area contributed by atoms with Crippen molar-refractivity contribution in [2.75, 3.05) is 11.9 Å². The Kier molecular flexibility index (Phi) is 4.24. The zero-order valence-electron chi connectivity index (χ0n) is 8.62. The minimum atomic E-state index is 0.166. The van der Waals surface area contributed by atoms with E-state index in [1.165, 1.54) is 11.9 Å². The van der Waals surface area contributed by atoms with Gasteiger partial charge in [-0.1, -0.05) is 23.3 Å². The minimum Gasteiger partial charge on any atom is -0.366 e. The molecule has 1 rings (SSSR count). The summed E-state index contributed by atoms with van der Waals surface area (Å²) < 4.78 is 0. The highest BCUT2D eigenvalue weighted by molar-refractivity contribution is 6.32. The van der Waals surface area contributed by atoms with Crippen LogP contribution in [0.2, 0.25) is 5.15 Å². The van der Waals surface area contributed by atoms with Crippen LogP contribution in [0.5, 0.6) is 0 Å². The van der Waals surface area contributed by atoms with Crippen LogP contribution in [-0.2, 0) is 0 Å². The summed E-state index contributed by atoms with van der Waals surface area (Å²) in [5.74, 6) is 0.461. The number of hydrogen-bond donors (Lipinski definition) is 1. The van der Waals surface area contributed by atoms with E-state index >= 15 is 0 Å². The Labute approximate surface area is 93.4 Å². The van der Waals surface area contributed by atoms with Gasteiger partial charge in [-0.25, -0.2) is 9.97 Å². The number of nitrogens with one attached hydrogen (secondary N) is 1. The first-order valence-electron chi connectivity index (χ1n) is 4.48. The quantitative estimate of drug-likeness (QED) is 0.486. The smallest absolute Gasteiger partial charge is 0.156 e. The molecule has 0 atom stereocenters. The molecule has 1 N–H and O–H groups in total. The number of allylic oxidation sites excluding steroid dienone is 1. The molecule has 15 heavy (non-hydrogen) atoms. The van der Waals surface area contributed by atoms with E-state index in [0.717, 1.165) is 0 Å². The highest BCUT2D eigenvalue weighted by atomic mass is 35.5. The standard InChI is InChI=1S/C10H12ClN3O/c1-7(2)3-4-12-10-8(5-15)9(11)13-6-14-10/h3,5-6H,4H2,1-2H3,(H,12,13,14). The Morgan fingerprint density at radius 3 is 2.87 bits per heavy atom. The summed E-state index contributed by atoms with van der Waals surface area (Å²) in [5, 5.41) is 3.16. The number of aromatic nitrogens is 2. The maximum atomic E-state index is 10.7. The van der Waals surface area contributed by atoms with Crippen LogP contribution >= 0.6 is 11.6 Å². The molecule has 0 bridgehead atoms. The van der Waals surface area contributed by atoms with E-state index < -0.39 is 0 Å². The van der Waals surface area contributed by atoms with E-state index in [0.29, 0.717) is 24.2 Å². The number of halogens is 1. The first-order chi connectivity index (χ1) is 7.15. The molecule has 0 aromatic carbocycles. The number of hydrogen-bond acceptors (Lipinski definition) is 4. The summed E-state index contributed by atoms with van der Waals surface area (Å²) in [6.45, 7) is 4.60. The van der Waals surface area contributed by atoms with E-state index in [4.69, 9.17) is 11.6 Å². The molecule has 1 aromatic heterocycles. The van der Waals surface area contributed by atoms with Crippen molar-refractivity contribution in [2.24, 2.45) is 0 Å². The van der Waals surface area contributed by atoms with Crippen LogP contribution in [0.3, 0.4) is 0 Å². The number of anilines is 1. The predicted molar refractivity (Wildman–Crippen MR) is 60.4 cm³/mol. The fraction of sp³-hybridized carbons (Fsp3) is 0.300. The third-order valence-corrected chi connectivity index (χ3v) is 2.03. The topological polar surface area (TPSA) is 54.9 Å². The maximum Gasteiger partial charge on any atom is 0.156 e. The molecule has 0 fully saturated rings. The van der Waals surface area contributed by atoms with Crippen molar-refractivity contribution < 1.29 is 4.79 Å². The lowest BCUT2D eigenvalue weighted by molar-refractivity contribution is 0.112. The normalized spacial score (nSPS) is 9.53. The van der Waals surface area contributed by atoms with Crippen LogP contribution < -0.4 is 5.32 Å². The molecule has 5 heteroatoms. The van der Waals surface area contributed by atoms with Gasteiger partial charge >= 0.3 is 0 Å². The number of carbonyl (C=O) groups excluding carboxylic acids is 1. The average molecular weight is 226 g/mol. The van der Waals surface area contributed by atoms with E-state index in [2.05, 4.69) is 15.3 Å². The molecule has 0 saturated heterocycles. The molecular weight excluding hydrogens is 214 g/mol. The van der Waals surface area contributed by atoms with Crippen LogP contribution in [0.15, 0.2) is 18.0 Å². The lowest BCUT2D eigenvalue weighted by atomic mass is 10.3. The summed E-state index contributed by atoms with van der Waals surface area (Å²) in [6, 6.07) is 0. The summed E-state index contributed by atoms with van der Waals surface area (Å²) >= 11 is 5.73. The molecule has 1 aromatic rings. The molecule has 80 valence electrons. The highest BCUT2D eigenvalue weighted by Crippen LogP contribution is 2.16. The third kappa shape index (κ3) is 3.32. The Hall–Kier alpha value is -1.42. The zero-order chi connectivity index (χ0) is 11.3. The highest BCUT2D eigenvalue weighted by Gasteiger charge is 2.07. The van der Waals surface area contributed by atoms with Crippen molar-refractivity contribution in [3.05, 3.63) is 28.7 Å². The molecule has 0 aliphatic rings. The maximum absolute atomic E-state index is 10.7. The molecule has 0 saturated carbocycles. The largest absolute Gasteiger partial charge is 0.366 e. The molecule has 4 nitrogen and oxygen atoms in total. The van der Waals surface area contributed by atoms with Crippen LogP contribution in [0, 0.1) is 0 Å². The van der Waals surface area contributed by atoms with Gasteiger partial charge in [-0.2, -0.15) is 0 Å². The number of aldehydes is 1. The van der Waals surface area contributed by atoms with Gasteiger partial charge in [0.2, 0.25) is 0 Å². The van der Waals surface area contributed by atoms with Gasteiger partial charge in [0, 0.05) is 6.54 Å². The second-order valence-electron chi connectivity index (χ2n) is 3.21. The van der Waals surface area contributed by atoms with Crippen molar-refractivity contribution in [1.29, 1.82) is 0 Å². The fourth-order valence-corrected chi connectivity index (χ4v) is 1.15. The van der Waals surface area contributed by atoms with Crippen LogP contribution in [-0.4, -0.2) is 22.8 Å². The Morgan fingerprint density at radius 2 is 2.27 bits per heavy atom. The van der Waals surface area contributed by atoms with Crippen molar-refractivity contribution in [3.8, 4) is 0 Å². The number of nitrogens with zero attached hydrogens (tertiary/aromatic N) is 2. The molecule has 1 heterocycles. The molecule has 0 spiro atoms. The van der Waals surface area contributed by atoms with Gasteiger partial charge in [0.25, 0.3) is 0 Å². The van der Waals surface area contributed by atoms with Gasteiger partial charge in [0.05, 0.1) is 5.56 Å². The van der Waals surface area contributed by atoms with Crippen LogP contribution in [0.1, 0.15) is 24.2 Å². The predicted octanol–water partition coefficient (Wildman–Crippen LogP) is 2.32. The first-order valence-corrected chi connectivity index (χ1v) is 4.86. The van der Waals surface area contributed by atoms with Crippen LogP contribution in [0.4, 0.5) is 5.82 Å². The van der Waals surface area contributed by atoms with E-state index in [9.17, 15) is 4.79 Å². The molecule has 0 unspecified atom stereocenters. The minimum absolute atomic E-state index is 0.166. The molecule has 0 amide bonds. The fourth-order valence-electron chi connectivity index (χ4n) is 0.971. The Morgan fingerprint density at radius 1 is 1.53 bits per heavy atom. The zero-order valence-corrected chi connectivity index (χ0v) is 9.38. The summed E-state index contributed by atoms with van der Waals surface area (Å²) in [5.41, 5.74) is 1.48. The summed E-state index contributed by atoms with van der Waals surface area (Å²) in [4.78, 5) is 18.4. The Balaban J connectivity index is 2.81.